The number of carbonyl (C=O) groups is 1. The standard InChI is InChI=1S/C20H28N4OS/c1-14(2)10-11-21-19(25)17-5-4-12-24(17)20-22-18(23-26-20)13-16-8-6-15(3)7-9-16/h6-9,14,17H,4-5,10-13H2,1-3H3,(H,21,25)/t17-/m1/s1. The number of nitrogens with one attached hydrogen (secondary N) is 1. The number of nitrogens with zero attached hydrogens (tertiary/aromatic N) is 3. The largest absolute Gasteiger partial charge is 0.354 e. The summed E-state index contributed by atoms with van der Waals surface area (Å²) in [5.74, 6) is 1.56. The third-order valence-electron chi connectivity index (χ3n) is 4.76. The van der Waals surface area contributed by atoms with Crippen molar-refractivity contribution in [3.05, 3.63) is 41.2 Å². The number of aryl methyl sites for hydroxylation is 1. The Hall–Kier alpha value is -1.95. The first-order chi connectivity index (χ1) is 12.5. The third-order valence-corrected chi connectivity index (χ3v) is 5.55. The summed E-state index contributed by atoms with van der Waals surface area (Å²) in [5, 5.41) is 3.95. The molecule has 1 fully saturated rings. The molecule has 1 N–H and O–H groups in total. The molecule has 0 spiro atoms. The van der Waals surface area contributed by atoms with Gasteiger partial charge in [0.1, 0.15) is 11.9 Å². The molecular weight excluding hydrogens is 344 g/mol. The zero-order chi connectivity index (χ0) is 18.5. The van der Waals surface area contributed by atoms with E-state index in [9.17, 15) is 4.79 Å². The molecule has 1 aromatic carbocycles. The molecule has 6 heteroatoms. The van der Waals surface area contributed by atoms with Crippen LogP contribution in [0.15, 0.2) is 24.3 Å². The van der Waals surface area contributed by atoms with Crippen LogP contribution in [-0.2, 0) is 11.2 Å². The molecule has 1 saturated heterocycles. The van der Waals surface area contributed by atoms with Gasteiger partial charge in [0, 0.05) is 31.0 Å². The number of rotatable bonds is 7. The topological polar surface area (TPSA) is 58.1 Å². The average molecular weight is 373 g/mol. The Labute approximate surface area is 160 Å². The lowest BCUT2D eigenvalue weighted by Gasteiger charge is -2.22. The van der Waals surface area contributed by atoms with Crippen molar-refractivity contribution in [1.29, 1.82) is 0 Å². The van der Waals surface area contributed by atoms with Crippen LogP contribution in [0.25, 0.3) is 0 Å². The summed E-state index contributed by atoms with van der Waals surface area (Å²) < 4.78 is 4.51. The normalized spacial score (nSPS) is 17.1. The summed E-state index contributed by atoms with van der Waals surface area (Å²) >= 11 is 1.40. The van der Waals surface area contributed by atoms with Gasteiger partial charge in [0.25, 0.3) is 0 Å². The lowest BCUT2D eigenvalue weighted by Crippen LogP contribution is -2.43. The van der Waals surface area contributed by atoms with Crippen LogP contribution in [-0.4, -0.2) is 34.4 Å². The van der Waals surface area contributed by atoms with Gasteiger partial charge in [-0.05, 0) is 37.7 Å². The average Bonchev–Trinajstić information content (AvgIpc) is 3.25. The van der Waals surface area contributed by atoms with Gasteiger partial charge in [0.2, 0.25) is 11.0 Å². The van der Waals surface area contributed by atoms with E-state index in [-0.39, 0.29) is 11.9 Å². The molecule has 1 amide bonds. The van der Waals surface area contributed by atoms with Crippen molar-refractivity contribution in [2.75, 3.05) is 18.0 Å². The SMILES string of the molecule is Cc1ccc(Cc2nsc(N3CCC[C@@H]3C(=O)NCCC(C)C)n2)cc1. The molecule has 1 aliphatic rings. The molecule has 3 rings (SSSR count). The van der Waals surface area contributed by atoms with Crippen LogP contribution in [0.3, 0.4) is 0 Å². The lowest BCUT2D eigenvalue weighted by atomic mass is 10.1. The van der Waals surface area contributed by atoms with Gasteiger partial charge < -0.3 is 10.2 Å². The lowest BCUT2D eigenvalue weighted by molar-refractivity contribution is -0.122. The molecule has 1 aromatic heterocycles. The monoisotopic (exact) mass is 372 g/mol. The molecule has 1 aliphatic heterocycles. The third kappa shape index (κ3) is 4.81. The maximum atomic E-state index is 12.5. The molecule has 0 unspecified atom stereocenters. The van der Waals surface area contributed by atoms with E-state index in [2.05, 4.69) is 59.6 Å². The van der Waals surface area contributed by atoms with Crippen LogP contribution in [0, 0.1) is 12.8 Å². The highest BCUT2D eigenvalue weighted by Gasteiger charge is 2.32. The van der Waals surface area contributed by atoms with Crippen LogP contribution in [0.5, 0.6) is 0 Å². The Morgan fingerprint density at radius 1 is 1.35 bits per heavy atom. The van der Waals surface area contributed by atoms with Crippen molar-refractivity contribution in [2.24, 2.45) is 5.92 Å². The zero-order valence-corrected chi connectivity index (χ0v) is 16.7. The minimum atomic E-state index is -0.109. The predicted molar refractivity (Wildman–Crippen MR) is 107 cm³/mol. The first kappa shape index (κ1) is 18.8. The Balaban J connectivity index is 1.61. The van der Waals surface area contributed by atoms with Gasteiger partial charge in [-0.25, -0.2) is 4.98 Å². The van der Waals surface area contributed by atoms with E-state index in [1.807, 2.05) is 0 Å². The smallest absolute Gasteiger partial charge is 0.242 e. The highest BCUT2D eigenvalue weighted by Crippen LogP contribution is 2.27. The van der Waals surface area contributed by atoms with Crippen molar-refractivity contribution in [1.82, 2.24) is 14.7 Å². The maximum absolute atomic E-state index is 12.5. The second-order valence-corrected chi connectivity index (χ2v) is 8.21. The molecule has 0 aliphatic carbocycles. The van der Waals surface area contributed by atoms with Gasteiger partial charge >= 0.3 is 0 Å². The van der Waals surface area contributed by atoms with E-state index in [4.69, 9.17) is 4.98 Å². The van der Waals surface area contributed by atoms with Gasteiger partial charge in [0.05, 0.1) is 0 Å². The second kappa shape index (κ2) is 8.62. The number of aromatic nitrogens is 2. The Kier molecular flexibility index (Phi) is 6.25. The molecule has 26 heavy (non-hydrogen) atoms. The van der Waals surface area contributed by atoms with Crippen molar-refractivity contribution >= 4 is 22.6 Å². The minimum Gasteiger partial charge on any atom is -0.354 e. The number of carbonyl (C=O) groups excluding carboxylic acids is 1. The fraction of sp³-hybridized carbons (Fsp3) is 0.550. The maximum Gasteiger partial charge on any atom is 0.242 e. The molecule has 5 nitrogen and oxygen atoms in total. The van der Waals surface area contributed by atoms with Gasteiger partial charge in [-0.1, -0.05) is 43.7 Å². The van der Waals surface area contributed by atoms with Crippen LogP contribution < -0.4 is 10.2 Å². The fourth-order valence-corrected chi connectivity index (χ4v) is 3.95. The van der Waals surface area contributed by atoms with Gasteiger partial charge in [-0.15, -0.1) is 0 Å². The van der Waals surface area contributed by atoms with Crippen LogP contribution in [0.4, 0.5) is 5.13 Å². The molecule has 0 bridgehead atoms. The molecule has 140 valence electrons. The Morgan fingerprint density at radius 3 is 2.85 bits per heavy atom. The van der Waals surface area contributed by atoms with Crippen molar-refractivity contribution in [3.63, 3.8) is 0 Å². The highest BCUT2D eigenvalue weighted by atomic mass is 32.1. The predicted octanol–water partition coefficient (Wildman–Crippen LogP) is 3.57. The molecule has 0 saturated carbocycles. The van der Waals surface area contributed by atoms with Crippen LogP contribution >= 0.6 is 11.5 Å². The number of hydrogen-bond acceptors (Lipinski definition) is 5. The summed E-state index contributed by atoms with van der Waals surface area (Å²) in [4.78, 5) is 19.4. The molecule has 1 atom stereocenters. The summed E-state index contributed by atoms with van der Waals surface area (Å²) in [6.07, 6.45) is 3.66. The molecule has 2 heterocycles. The number of hydrogen-bond donors (Lipinski definition) is 1. The van der Waals surface area contributed by atoms with E-state index < -0.39 is 0 Å². The van der Waals surface area contributed by atoms with Crippen LogP contribution in [0.2, 0.25) is 0 Å². The summed E-state index contributed by atoms with van der Waals surface area (Å²) in [6.45, 7) is 8.05. The molecule has 0 radical (unpaired) electrons. The zero-order valence-electron chi connectivity index (χ0n) is 15.9. The quantitative estimate of drug-likeness (QED) is 0.807. The summed E-state index contributed by atoms with van der Waals surface area (Å²) in [6, 6.07) is 8.36. The number of amides is 1. The van der Waals surface area contributed by atoms with Crippen molar-refractivity contribution < 1.29 is 4.79 Å². The number of benzene rings is 1. The van der Waals surface area contributed by atoms with E-state index in [0.717, 1.165) is 49.7 Å². The van der Waals surface area contributed by atoms with Crippen molar-refractivity contribution in [3.8, 4) is 0 Å². The minimum absolute atomic E-state index is 0.109. The van der Waals surface area contributed by atoms with Gasteiger partial charge in [0.15, 0.2) is 0 Å². The summed E-state index contributed by atoms with van der Waals surface area (Å²) in [5.41, 5.74) is 2.47. The van der Waals surface area contributed by atoms with Crippen LogP contribution in [0.1, 0.15) is 50.1 Å². The Morgan fingerprint density at radius 2 is 2.12 bits per heavy atom. The van der Waals surface area contributed by atoms with Crippen molar-refractivity contribution in [2.45, 2.75) is 52.5 Å². The second-order valence-electron chi connectivity index (χ2n) is 7.48. The first-order valence-electron chi connectivity index (χ1n) is 9.45. The molecular formula is C20H28N4OS. The van der Waals surface area contributed by atoms with E-state index in [0.29, 0.717) is 5.92 Å². The van der Waals surface area contributed by atoms with E-state index >= 15 is 0 Å². The van der Waals surface area contributed by atoms with Gasteiger partial charge in [-0.3, -0.25) is 4.79 Å². The van der Waals surface area contributed by atoms with E-state index in [1.165, 1.54) is 22.7 Å². The first-order valence-corrected chi connectivity index (χ1v) is 10.2. The fourth-order valence-electron chi connectivity index (χ4n) is 3.19. The molecule has 2 aromatic rings. The summed E-state index contributed by atoms with van der Waals surface area (Å²) in [7, 11) is 0. The number of anilines is 1. The Bertz CT molecular complexity index is 726. The highest BCUT2D eigenvalue weighted by molar-refractivity contribution is 7.09. The van der Waals surface area contributed by atoms with Gasteiger partial charge in [-0.2, -0.15) is 4.37 Å². The van der Waals surface area contributed by atoms with E-state index in [1.54, 1.807) is 0 Å².